The number of carbonyl (C=O) groups excluding carboxylic acids is 2. The van der Waals surface area contributed by atoms with E-state index in [1.165, 1.54) is 0 Å². The standard InChI is InChI=1S/C26H20ClNO3/c1-16-23(26(30)31-17(2)25(29)19-11-8-12-20(27)15-19)21-13-6-7-14-22(21)28-24(16)18-9-4-3-5-10-18/h3-15,17H,1-2H3. The second-order valence-electron chi connectivity index (χ2n) is 7.27. The van der Waals surface area contributed by atoms with Crippen LogP contribution in [-0.4, -0.2) is 22.8 Å². The highest BCUT2D eigenvalue weighted by Gasteiger charge is 2.25. The number of nitrogens with zero attached hydrogens (tertiary/aromatic N) is 1. The fourth-order valence-corrected chi connectivity index (χ4v) is 3.79. The number of ether oxygens (including phenoxy) is 1. The monoisotopic (exact) mass is 429 g/mol. The number of para-hydroxylation sites is 1. The van der Waals surface area contributed by atoms with Crippen molar-refractivity contribution >= 4 is 34.3 Å². The lowest BCUT2D eigenvalue weighted by atomic mass is 9.97. The molecular weight excluding hydrogens is 410 g/mol. The zero-order valence-electron chi connectivity index (χ0n) is 17.1. The maximum absolute atomic E-state index is 13.2. The van der Waals surface area contributed by atoms with Gasteiger partial charge in [-0.3, -0.25) is 4.79 Å². The Morgan fingerprint density at radius 1 is 0.935 bits per heavy atom. The van der Waals surface area contributed by atoms with Crippen LogP contribution in [0.3, 0.4) is 0 Å². The maximum atomic E-state index is 13.2. The highest BCUT2D eigenvalue weighted by atomic mass is 35.5. The summed E-state index contributed by atoms with van der Waals surface area (Å²) in [4.78, 5) is 30.8. The van der Waals surface area contributed by atoms with Gasteiger partial charge >= 0.3 is 5.97 Å². The zero-order valence-corrected chi connectivity index (χ0v) is 17.9. The number of rotatable bonds is 5. The van der Waals surface area contributed by atoms with Crippen LogP contribution in [-0.2, 0) is 4.74 Å². The van der Waals surface area contributed by atoms with Crippen molar-refractivity contribution in [2.24, 2.45) is 0 Å². The third-order valence-electron chi connectivity index (χ3n) is 5.15. The van der Waals surface area contributed by atoms with Gasteiger partial charge in [-0.2, -0.15) is 0 Å². The van der Waals surface area contributed by atoms with E-state index in [9.17, 15) is 9.59 Å². The predicted molar refractivity (Wildman–Crippen MR) is 123 cm³/mol. The number of aromatic nitrogens is 1. The Morgan fingerprint density at radius 2 is 1.65 bits per heavy atom. The van der Waals surface area contributed by atoms with E-state index in [1.54, 1.807) is 31.2 Å². The number of benzene rings is 3. The van der Waals surface area contributed by atoms with E-state index in [1.807, 2.05) is 61.5 Å². The number of halogens is 1. The van der Waals surface area contributed by atoms with Gasteiger partial charge in [0.05, 0.1) is 16.8 Å². The largest absolute Gasteiger partial charge is 0.451 e. The molecule has 0 aliphatic rings. The van der Waals surface area contributed by atoms with Crippen molar-refractivity contribution in [2.75, 3.05) is 0 Å². The molecule has 0 N–H and O–H groups in total. The molecular formula is C26H20ClNO3. The minimum atomic E-state index is -0.961. The molecule has 1 heterocycles. The number of hydrogen-bond donors (Lipinski definition) is 0. The SMILES string of the molecule is Cc1c(-c2ccccc2)nc2ccccc2c1C(=O)OC(C)C(=O)c1cccc(Cl)c1. The van der Waals surface area contributed by atoms with Crippen LogP contribution in [0.25, 0.3) is 22.2 Å². The lowest BCUT2D eigenvalue weighted by Crippen LogP contribution is -2.25. The summed E-state index contributed by atoms with van der Waals surface area (Å²) in [5, 5.41) is 1.14. The average Bonchev–Trinajstić information content (AvgIpc) is 2.78. The topological polar surface area (TPSA) is 56.3 Å². The van der Waals surface area contributed by atoms with Crippen LogP contribution >= 0.6 is 11.6 Å². The maximum Gasteiger partial charge on any atom is 0.339 e. The number of ketones is 1. The summed E-state index contributed by atoms with van der Waals surface area (Å²) in [6.45, 7) is 3.42. The lowest BCUT2D eigenvalue weighted by Gasteiger charge is -2.17. The van der Waals surface area contributed by atoms with Crippen LogP contribution in [0, 0.1) is 6.92 Å². The van der Waals surface area contributed by atoms with E-state index in [0.717, 1.165) is 5.56 Å². The highest BCUT2D eigenvalue weighted by Crippen LogP contribution is 2.30. The van der Waals surface area contributed by atoms with Gasteiger partial charge in [0.2, 0.25) is 5.78 Å². The van der Waals surface area contributed by atoms with E-state index < -0.39 is 12.1 Å². The summed E-state index contributed by atoms with van der Waals surface area (Å²) in [6, 6.07) is 23.7. The molecule has 1 unspecified atom stereocenters. The third kappa shape index (κ3) is 4.21. The Morgan fingerprint density at radius 3 is 2.39 bits per heavy atom. The number of fused-ring (bicyclic) bond motifs is 1. The number of hydrogen-bond acceptors (Lipinski definition) is 4. The minimum absolute atomic E-state index is 0.310. The van der Waals surface area contributed by atoms with Crippen LogP contribution in [0.2, 0.25) is 5.02 Å². The minimum Gasteiger partial charge on any atom is -0.451 e. The fourth-order valence-electron chi connectivity index (χ4n) is 3.60. The Labute approximate surface area is 185 Å². The molecule has 0 fully saturated rings. The number of pyridine rings is 1. The molecule has 0 aliphatic heterocycles. The van der Waals surface area contributed by atoms with E-state index in [0.29, 0.717) is 38.3 Å². The first kappa shape index (κ1) is 20.8. The van der Waals surface area contributed by atoms with Crippen LogP contribution in [0.1, 0.15) is 33.2 Å². The first-order valence-electron chi connectivity index (χ1n) is 9.91. The molecule has 1 aromatic heterocycles. The third-order valence-corrected chi connectivity index (χ3v) is 5.38. The van der Waals surface area contributed by atoms with E-state index in [4.69, 9.17) is 21.3 Å². The Kier molecular flexibility index (Phi) is 5.83. The van der Waals surface area contributed by atoms with Crippen molar-refractivity contribution in [1.82, 2.24) is 4.98 Å². The van der Waals surface area contributed by atoms with Gasteiger partial charge < -0.3 is 4.74 Å². The van der Waals surface area contributed by atoms with Gasteiger partial charge in [0.25, 0.3) is 0 Å². The molecule has 0 saturated heterocycles. The van der Waals surface area contributed by atoms with Crippen molar-refractivity contribution in [3.63, 3.8) is 0 Å². The lowest BCUT2D eigenvalue weighted by molar-refractivity contribution is 0.0320. The average molecular weight is 430 g/mol. The van der Waals surface area contributed by atoms with Crippen molar-refractivity contribution in [3.8, 4) is 11.3 Å². The predicted octanol–water partition coefficient (Wildman–Crippen LogP) is 6.29. The van der Waals surface area contributed by atoms with Gasteiger partial charge in [-0.15, -0.1) is 0 Å². The van der Waals surface area contributed by atoms with Gasteiger partial charge in [0.1, 0.15) is 0 Å². The molecule has 4 nitrogen and oxygen atoms in total. The Bertz CT molecular complexity index is 1280. The summed E-state index contributed by atoms with van der Waals surface area (Å²) in [5.74, 6) is -0.869. The summed E-state index contributed by atoms with van der Waals surface area (Å²) in [5.41, 5.74) is 3.82. The number of carbonyl (C=O) groups is 2. The Hall–Kier alpha value is -3.50. The fraction of sp³-hybridized carbons (Fsp3) is 0.115. The Balaban J connectivity index is 1.73. The molecule has 5 heteroatoms. The van der Waals surface area contributed by atoms with Crippen molar-refractivity contribution in [2.45, 2.75) is 20.0 Å². The smallest absolute Gasteiger partial charge is 0.339 e. The molecule has 0 amide bonds. The molecule has 0 saturated carbocycles. The van der Waals surface area contributed by atoms with Crippen molar-refractivity contribution < 1.29 is 14.3 Å². The van der Waals surface area contributed by atoms with Gasteiger partial charge in [0, 0.05) is 21.5 Å². The van der Waals surface area contributed by atoms with Crippen LogP contribution in [0.4, 0.5) is 0 Å². The number of esters is 1. The van der Waals surface area contributed by atoms with Gasteiger partial charge in [0.15, 0.2) is 6.10 Å². The molecule has 0 bridgehead atoms. The first-order valence-corrected chi connectivity index (χ1v) is 10.3. The van der Waals surface area contributed by atoms with E-state index >= 15 is 0 Å². The van der Waals surface area contributed by atoms with E-state index in [2.05, 4.69) is 0 Å². The molecule has 1 atom stereocenters. The molecule has 0 radical (unpaired) electrons. The summed E-state index contributed by atoms with van der Waals surface area (Å²) in [6.07, 6.45) is -0.961. The van der Waals surface area contributed by atoms with Crippen molar-refractivity contribution in [1.29, 1.82) is 0 Å². The summed E-state index contributed by atoms with van der Waals surface area (Å²) < 4.78 is 5.61. The summed E-state index contributed by atoms with van der Waals surface area (Å²) in [7, 11) is 0. The van der Waals surface area contributed by atoms with Crippen molar-refractivity contribution in [3.05, 3.63) is 101 Å². The second-order valence-corrected chi connectivity index (χ2v) is 7.70. The molecule has 31 heavy (non-hydrogen) atoms. The number of Topliss-reactive ketones (excluding diaryl/α,β-unsaturated/α-hetero) is 1. The second kappa shape index (κ2) is 8.70. The van der Waals surface area contributed by atoms with Crippen LogP contribution in [0.5, 0.6) is 0 Å². The molecule has 4 aromatic rings. The highest BCUT2D eigenvalue weighted by molar-refractivity contribution is 6.31. The summed E-state index contributed by atoms with van der Waals surface area (Å²) >= 11 is 5.99. The molecule has 3 aromatic carbocycles. The molecule has 4 rings (SSSR count). The zero-order chi connectivity index (χ0) is 22.0. The van der Waals surface area contributed by atoms with Crippen LogP contribution in [0.15, 0.2) is 78.9 Å². The van der Waals surface area contributed by atoms with Gasteiger partial charge in [-0.05, 0) is 37.6 Å². The normalized spacial score (nSPS) is 11.8. The van der Waals surface area contributed by atoms with E-state index in [-0.39, 0.29) is 5.78 Å². The van der Waals surface area contributed by atoms with Gasteiger partial charge in [-0.25, -0.2) is 9.78 Å². The van der Waals surface area contributed by atoms with Gasteiger partial charge in [-0.1, -0.05) is 72.3 Å². The van der Waals surface area contributed by atoms with Crippen LogP contribution < -0.4 is 0 Å². The first-order chi connectivity index (χ1) is 15.0. The molecule has 0 aliphatic carbocycles. The molecule has 154 valence electrons. The quantitative estimate of drug-likeness (QED) is 0.276. The molecule has 0 spiro atoms.